The molecular formula is C11H17N3. The van der Waals surface area contributed by atoms with Crippen LogP contribution in [0.15, 0.2) is 41.4 Å². The largest absolute Gasteiger partial charge is 0.404 e. The van der Waals surface area contributed by atoms with Crippen molar-refractivity contribution in [2.45, 2.75) is 19.8 Å². The molecule has 0 saturated carbocycles. The quantitative estimate of drug-likeness (QED) is 0.352. The highest BCUT2D eigenvalue weighted by Gasteiger charge is 1.92. The SMILES string of the molecule is CCCC=C=CC(=C/N)/C(N)=C/C=N. The van der Waals surface area contributed by atoms with Gasteiger partial charge < -0.3 is 16.9 Å². The maximum atomic E-state index is 6.85. The highest BCUT2D eigenvalue weighted by Crippen LogP contribution is 2.02. The smallest absolute Gasteiger partial charge is 0.0423 e. The summed E-state index contributed by atoms with van der Waals surface area (Å²) in [5.41, 5.74) is 15.1. The van der Waals surface area contributed by atoms with Crippen LogP contribution < -0.4 is 11.5 Å². The van der Waals surface area contributed by atoms with Gasteiger partial charge in [-0.25, -0.2) is 0 Å². The van der Waals surface area contributed by atoms with Gasteiger partial charge in [-0.1, -0.05) is 13.3 Å². The minimum Gasteiger partial charge on any atom is -0.404 e. The number of unbranched alkanes of at least 4 members (excludes halogenated alkanes) is 1. The third-order valence-electron chi connectivity index (χ3n) is 1.57. The fraction of sp³-hybridized carbons (Fsp3) is 0.273. The lowest BCUT2D eigenvalue weighted by atomic mass is 10.2. The molecule has 14 heavy (non-hydrogen) atoms. The van der Waals surface area contributed by atoms with Gasteiger partial charge in [0.2, 0.25) is 0 Å². The molecule has 0 aliphatic carbocycles. The van der Waals surface area contributed by atoms with Gasteiger partial charge in [-0.15, -0.1) is 5.73 Å². The number of hydrogen-bond donors (Lipinski definition) is 3. The van der Waals surface area contributed by atoms with E-state index >= 15 is 0 Å². The molecule has 3 nitrogen and oxygen atoms in total. The van der Waals surface area contributed by atoms with Gasteiger partial charge >= 0.3 is 0 Å². The summed E-state index contributed by atoms with van der Waals surface area (Å²) in [4.78, 5) is 0. The number of rotatable bonds is 5. The summed E-state index contributed by atoms with van der Waals surface area (Å²) in [5, 5.41) is 6.85. The molecule has 0 radical (unpaired) electrons. The highest BCUT2D eigenvalue weighted by atomic mass is 14.6. The molecular weight excluding hydrogens is 174 g/mol. The Balaban J connectivity index is 4.54. The molecule has 5 N–H and O–H groups in total. The summed E-state index contributed by atoms with van der Waals surface area (Å²) >= 11 is 0. The zero-order valence-corrected chi connectivity index (χ0v) is 8.46. The molecule has 0 aromatic carbocycles. The number of nitrogens with two attached hydrogens (primary N) is 2. The summed E-state index contributed by atoms with van der Waals surface area (Å²) in [6.45, 7) is 2.10. The summed E-state index contributed by atoms with van der Waals surface area (Å²) in [5.74, 6) is 0. The van der Waals surface area contributed by atoms with Crippen LogP contribution in [0, 0.1) is 5.41 Å². The molecule has 0 saturated heterocycles. The summed E-state index contributed by atoms with van der Waals surface area (Å²) < 4.78 is 0. The van der Waals surface area contributed by atoms with Gasteiger partial charge in [-0.3, -0.25) is 0 Å². The van der Waals surface area contributed by atoms with Crippen molar-refractivity contribution >= 4 is 6.21 Å². The third-order valence-corrected chi connectivity index (χ3v) is 1.57. The van der Waals surface area contributed by atoms with Crippen molar-refractivity contribution in [3.05, 3.63) is 41.4 Å². The van der Waals surface area contributed by atoms with E-state index in [1.165, 1.54) is 12.3 Å². The molecule has 3 heteroatoms. The minimum atomic E-state index is 0.472. The van der Waals surface area contributed by atoms with E-state index in [1.54, 1.807) is 6.08 Å². The first-order valence-corrected chi connectivity index (χ1v) is 4.55. The molecule has 0 rings (SSSR count). The van der Waals surface area contributed by atoms with Crippen molar-refractivity contribution in [3.63, 3.8) is 0 Å². The van der Waals surface area contributed by atoms with Crippen molar-refractivity contribution < 1.29 is 0 Å². The van der Waals surface area contributed by atoms with Crippen LogP contribution in [0.25, 0.3) is 0 Å². The Morgan fingerprint density at radius 3 is 2.71 bits per heavy atom. The number of allylic oxidation sites excluding steroid dienone is 2. The zero-order chi connectivity index (χ0) is 10.8. The summed E-state index contributed by atoms with van der Waals surface area (Å²) in [6, 6.07) is 0. The highest BCUT2D eigenvalue weighted by molar-refractivity contribution is 5.70. The Labute approximate surface area is 85.0 Å². The first-order chi connectivity index (χ1) is 6.76. The maximum absolute atomic E-state index is 6.85. The van der Waals surface area contributed by atoms with Crippen LogP contribution in [0.5, 0.6) is 0 Å². The fourth-order valence-electron chi connectivity index (χ4n) is 0.790. The predicted molar refractivity (Wildman–Crippen MR) is 60.9 cm³/mol. The van der Waals surface area contributed by atoms with Crippen LogP contribution in [0.2, 0.25) is 0 Å². The Kier molecular flexibility index (Phi) is 6.92. The molecule has 0 heterocycles. The third kappa shape index (κ3) is 5.01. The van der Waals surface area contributed by atoms with E-state index in [-0.39, 0.29) is 0 Å². The van der Waals surface area contributed by atoms with Crippen molar-refractivity contribution in [2.75, 3.05) is 0 Å². The van der Waals surface area contributed by atoms with Gasteiger partial charge in [0.05, 0.1) is 0 Å². The molecule has 0 aliphatic heterocycles. The van der Waals surface area contributed by atoms with E-state index in [2.05, 4.69) is 12.7 Å². The van der Waals surface area contributed by atoms with E-state index in [9.17, 15) is 0 Å². The first kappa shape index (κ1) is 12.3. The molecule has 0 atom stereocenters. The van der Waals surface area contributed by atoms with Gasteiger partial charge in [0.15, 0.2) is 0 Å². The Morgan fingerprint density at radius 2 is 2.21 bits per heavy atom. The van der Waals surface area contributed by atoms with E-state index in [0.717, 1.165) is 19.1 Å². The Hall–Kier alpha value is -1.73. The average Bonchev–Trinajstić information content (AvgIpc) is 2.18. The van der Waals surface area contributed by atoms with E-state index in [4.69, 9.17) is 16.9 Å². The Morgan fingerprint density at radius 1 is 1.50 bits per heavy atom. The molecule has 0 unspecified atom stereocenters. The molecule has 0 fully saturated rings. The second kappa shape index (κ2) is 7.90. The molecule has 0 aliphatic rings. The molecule has 0 aromatic rings. The number of hydrogen-bond acceptors (Lipinski definition) is 3. The Bertz CT molecular complexity index is 292. The van der Waals surface area contributed by atoms with Crippen LogP contribution >= 0.6 is 0 Å². The molecule has 0 bridgehead atoms. The van der Waals surface area contributed by atoms with Gasteiger partial charge in [0.1, 0.15) is 0 Å². The second-order valence-corrected chi connectivity index (χ2v) is 2.71. The molecule has 0 amide bonds. The van der Waals surface area contributed by atoms with E-state index < -0.39 is 0 Å². The normalized spacial score (nSPS) is 11.8. The van der Waals surface area contributed by atoms with Gasteiger partial charge in [0.25, 0.3) is 0 Å². The average molecular weight is 191 g/mol. The van der Waals surface area contributed by atoms with E-state index in [0.29, 0.717) is 11.3 Å². The van der Waals surface area contributed by atoms with Gasteiger partial charge in [-0.2, -0.15) is 0 Å². The first-order valence-electron chi connectivity index (χ1n) is 4.55. The minimum absolute atomic E-state index is 0.472. The van der Waals surface area contributed by atoms with Crippen LogP contribution in [0.1, 0.15) is 19.8 Å². The summed E-state index contributed by atoms with van der Waals surface area (Å²) in [6.07, 6.45) is 9.74. The fourth-order valence-corrected chi connectivity index (χ4v) is 0.790. The molecule has 0 spiro atoms. The topological polar surface area (TPSA) is 75.9 Å². The van der Waals surface area contributed by atoms with Crippen LogP contribution in [0.3, 0.4) is 0 Å². The van der Waals surface area contributed by atoms with Crippen molar-refractivity contribution in [3.8, 4) is 0 Å². The van der Waals surface area contributed by atoms with E-state index in [1.807, 2.05) is 6.08 Å². The molecule has 0 aromatic heterocycles. The van der Waals surface area contributed by atoms with Crippen molar-refractivity contribution in [1.29, 1.82) is 5.41 Å². The van der Waals surface area contributed by atoms with Gasteiger partial charge in [0, 0.05) is 23.7 Å². The van der Waals surface area contributed by atoms with Crippen LogP contribution in [-0.4, -0.2) is 6.21 Å². The van der Waals surface area contributed by atoms with Gasteiger partial charge in [-0.05, 0) is 24.6 Å². The lowest BCUT2D eigenvalue weighted by Gasteiger charge is -1.97. The number of nitrogens with one attached hydrogen (secondary N) is 1. The maximum Gasteiger partial charge on any atom is 0.0423 e. The lowest BCUT2D eigenvalue weighted by Crippen LogP contribution is -2.01. The second-order valence-electron chi connectivity index (χ2n) is 2.71. The van der Waals surface area contributed by atoms with Crippen LogP contribution in [-0.2, 0) is 0 Å². The van der Waals surface area contributed by atoms with Crippen molar-refractivity contribution in [2.24, 2.45) is 11.5 Å². The lowest BCUT2D eigenvalue weighted by molar-refractivity contribution is 0.960. The van der Waals surface area contributed by atoms with Crippen molar-refractivity contribution in [1.82, 2.24) is 0 Å². The molecule has 76 valence electrons. The monoisotopic (exact) mass is 191 g/mol. The summed E-state index contributed by atoms with van der Waals surface area (Å²) in [7, 11) is 0. The zero-order valence-electron chi connectivity index (χ0n) is 8.46. The predicted octanol–water partition coefficient (Wildman–Crippen LogP) is 1.83. The van der Waals surface area contributed by atoms with Crippen LogP contribution in [0.4, 0.5) is 0 Å². The standard InChI is InChI=1S/C11H17N3/c1-2-3-4-5-6-10(9-13)11(14)7-8-12/h4,6-9,12H,2-3,13-14H2,1H3/b10-9-,11-7-,12-8?.